The Labute approximate surface area is 166 Å². The third-order valence-corrected chi connectivity index (χ3v) is 4.31. The second kappa shape index (κ2) is 8.28. The Morgan fingerprint density at radius 2 is 1.88 bits per heavy atom. The van der Waals surface area contributed by atoms with Gasteiger partial charge in [0, 0.05) is 9.13 Å². The molecule has 0 fully saturated rings. The van der Waals surface area contributed by atoms with Gasteiger partial charge in [-0.3, -0.25) is 10.1 Å². The molecule has 0 aliphatic rings. The summed E-state index contributed by atoms with van der Waals surface area (Å²) in [7, 11) is 1.42. The van der Waals surface area contributed by atoms with Crippen LogP contribution in [0.2, 0.25) is 10.0 Å². The highest BCUT2D eigenvalue weighted by molar-refractivity contribution is 14.1. The number of benzene rings is 2. The molecular formula is C15H10Cl2FIN2O2S. The van der Waals surface area contributed by atoms with E-state index in [9.17, 15) is 9.18 Å². The minimum Gasteiger partial charge on any atom is -0.494 e. The van der Waals surface area contributed by atoms with Crippen molar-refractivity contribution in [2.24, 2.45) is 0 Å². The van der Waals surface area contributed by atoms with Crippen molar-refractivity contribution in [1.82, 2.24) is 5.32 Å². The number of hydrogen-bond acceptors (Lipinski definition) is 3. The fraction of sp³-hybridized carbons (Fsp3) is 0.0667. The number of ether oxygens (including phenoxy) is 1. The van der Waals surface area contributed by atoms with Crippen LogP contribution in [0.1, 0.15) is 10.4 Å². The molecule has 0 aliphatic heterocycles. The van der Waals surface area contributed by atoms with Gasteiger partial charge in [-0.25, -0.2) is 4.39 Å². The van der Waals surface area contributed by atoms with Crippen LogP contribution >= 0.6 is 58.0 Å². The van der Waals surface area contributed by atoms with E-state index in [0.29, 0.717) is 0 Å². The normalized spacial score (nSPS) is 10.2. The number of rotatable bonds is 3. The minimum atomic E-state index is -0.537. The lowest BCUT2D eigenvalue weighted by atomic mass is 10.2. The van der Waals surface area contributed by atoms with E-state index in [1.54, 1.807) is 6.07 Å². The number of hydrogen-bond donors (Lipinski definition) is 2. The molecule has 24 heavy (non-hydrogen) atoms. The summed E-state index contributed by atoms with van der Waals surface area (Å²) in [5.74, 6) is -0.740. The fourth-order valence-corrected chi connectivity index (χ4v) is 3.10. The quantitative estimate of drug-likeness (QED) is 0.468. The number of carbonyl (C=O) groups excluding carboxylic acids is 1. The molecule has 2 N–H and O–H groups in total. The van der Waals surface area contributed by atoms with Crippen molar-refractivity contribution in [2.45, 2.75) is 0 Å². The highest BCUT2D eigenvalue weighted by Crippen LogP contribution is 2.33. The van der Waals surface area contributed by atoms with Gasteiger partial charge in [-0.15, -0.1) is 0 Å². The summed E-state index contributed by atoms with van der Waals surface area (Å²) in [6.45, 7) is 0. The molecule has 2 aromatic rings. The molecule has 9 heteroatoms. The van der Waals surface area contributed by atoms with Crippen molar-refractivity contribution in [3.8, 4) is 5.75 Å². The van der Waals surface area contributed by atoms with E-state index in [1.165, 1.54) is 31.4 Å². The van der Waals surface area contributed by atoms with Gasteiger partial charge in [0.05, 0.1) is 22.8 Å². The summed E-state index contributed by atoms with van der Waals surface area (Å²) in [5, 5.41) is 5.39. The predicted molar refractivity (Wildman–Crippen MR) is 106 cm³/mol. The Kier molecular flexibility index (Phi) is 6.62. The molecule has 0 saturated carbocycles. The number of anilines is 1. The third kappa shape index (κ3) is 4.69. The molecule has 2 aromatic carbocycles. The first-order chi connectivity index (χ1) is 11.3. The van der Waals surface area contributed by atoms with E-state index in [2.05, 4.69) is 10.6 Å². The summed E-state index contributed by atoms with van der Waals surface area (Å²) in [4.78, 5) is 12.2. The van der Waals surface area contributed by atoms with Crippen LogP contribution in [0.3, 0.4) is 0 Å². The third-order valence-electron chi connectivity index (χ3n) is 2.87. The van der Waals surface area contributed by atoms with Crippen molar-refractivity contribution >= 4 is 74.7 Å². The van der Waals surface area contributed by atoms with Crippen LogP contribution in [-0.2, 0) is 0 Å². The molecule has 0 atom stereocenters. The molecular weight excluding hydrogens is 489 g/mol. The number of amides is 1. The van der Waals surface area contributed by atoms with Crippen LogP contribution in [0, 0.1) is 9.39 Å². The smallest absolute Gasteiger partial charge is 0.257 e. The Bertz CT molecular complexity index is 797. The van der Waals surface area contributed by atoms with Gasteiger partial charge >= 0.3 is 0 Å². The second-order valence-corrected chi connectivity index (χ2v) is 6.97. The van der Waals surface area contributed by atoms with Gasteiger partial charge in [-0.2, -0.15) is 0 Å². The largest absolute Gasteiger partial charge is 0.494 e. The lowest BCUT2D eigenvalue weighted by molar-refractivity contribution is 0.0977. The summed E-state index contributed by atoms with van der Waals surface area (Å²) in [6.07, 6.45) is 0. The SMILES string of the molecule is COc1c(Cl)cc(C(=O)NC(=S)Nc2ccc(I)cc2F)cc1Cl. The van der Waals surface area contributed by atoms with Crippen molar-refractivity contribution in [1.29, 1.82) is 0 Å². The van der Waals surface area contributed by atoms with Crippen molar-refractivity contribution < 1.29 is 13.9 Å². The lowest BCUT2D eigenvalue weighted by Gasteiger charge is -2.12. The molecule has 0 aliphatic carbocycles. The molecule has 1 amide bonds. The first kappa shape index (κ1) is 19.2. The maximum atomic E-state index is 13.8. The van der Waals surface area contributed by atoms with Crippen LogP contribution in [0.15, 0.2) is 30.3 Å². The Morgan fingerprint density at radius 3 is 2.42 bits per heavy atom. The van der Waals surface area contributed by atoms with Crippen LogP contribution in [0.4, 0.5) is 10.1 Å². The molecule has 126 valence electrons. The van der Waals surface area contributed by atoms with Gasteiger partial charge in [-0.05, 0) is 65.1 Å². The van der Waals surface area contributed by atoms with Crippen LogP contribution in [-0.4, -0.2) is 18.1 Å². The highest BCUT2D eigenvalue weighted by Gasteiger charge is 2.15. The molecule has 0 heterocycles. The molecule has 0 saturated heterocycles. The number of thiocarbonyl (C=S) groups is 1. The maximum Gasteiger partial charge on any atom is 0.257 e. The van der Waals surface area contributed by atoms with Gasteiger partial charge in [0.2, 0.25) is 0 Å². The molecule has 0 spiro atoms. The zero-order valence-corrected chi connectivity index (χ0v) is 16.6. The van der Waals surface area contributed by atoms with Crippen LogP contribution in [0.5, 0.6) is 5.75 Å². The van der Waals surface area contributed by atoms with Gasteiger partial charge < -0.3 is 10.1 Å². The summed E-state index contributed by atoms with van der Waals surface area (Å²) >= 11 is 19.0. The summed E-state index contributed by atoms with van der Waals surface area (Å²) in [6, 6.07) is 7.37. The van der Waals surface area contributed by atoms with E-state index >= 15 is 0 Å². The first-order valence-electron chi connectivity index (χ1n) is 6.42. The molecule has 0 bridgehead atoms. The van der Waals surface area contributed by atoms with Crippen LogP contribution < -0.4 is 15.4 Å². The average Bonchev–Trinajstić information content (AvgIpc) is 2.49. The molecule has 4 nitrogen and oxygen atoms in total. The molecule has 0 radical (unpaired) electrons. The highest BCUT2D eigenvalue weighted by atomic mass is 127. The Balaban J connectivity index is 2.10. The standard InChI is InChI=1S/C15H10Cl2FIN2O2S/c1-23-13-9(16)4-7(5-10(13)17)14(22)21-15(24)20-12-3-2-8(19)6-11(12)18/h2-6H,1H3,(H2,20,21,22,24). The Hall–Kier alpha value is -1.16. The molecule has 0 unspecified atom stereocenters. The monoisotopic (exact) mass is 498 g/mol. The van der Waals surface area contributed by atoms with Crippen molar-refractivity contribution in [2.75, 3.05) is 12.4 Å². The summed E-state index contributed by atoms with van der Waals surface area (Å²) < 4.78 is 19.5. The number of carbonyl (C=O) groups is 1. The van der Waals surface area contributed by atoms with Crippen molar-refractivity contribution in [3.05, 3.63) is 55.3 Å². The number of methoxy groups -OCH3 is 1. The number of nitrogens with one attached hydrogen (secondary N) is 2. The molecule has 0 aromatic heterocycles. The second-order valence-electron chi connectivity index (χ2n) is 4.51. The van der Waals surface area contributed by atoms with Gasteiger partial charge in [-0.1, -0.05) is 23.2 Å². The van der Waals surface area contributed by atoms with Crippen LogP contribution in [0.25, 0.3) is 0 Å². The lowest BCUT2D eigenvalue weighted by Crippen LogP contribution is -2.34. The maximum absolute atomic E-state index is 13.8. The van der Waals surface area contributed by atoms with E-state index in [1.807, 2.05) is 22.6 Å². The topological polar surface area (TPSA) is 50.4 Å². The van der Waals surface area contributed by atoms with E-state index in [4.69, 9.17) is 40.2 Å². The van der Waals surface area contributed by atoms with Gasteiger partial charge in [0.25, 0.3) is 5.91 Å². The first-order valence-corrected chi connectivity index (χ1v) is 8.66. The summed E-state index contributed by atoms with van der Waals surface area (Å²) in [5.41, 5.74) is 0.351. The fourth-order valence-electron chi connectivity index (χ4n) is 1.81. The van der Waals surface area contributed by atoms with E-state index < -0.39 is 11.7 Å². The van der Waals surface area contributed by atoms with Gasteiger partial charge in [0.15, 0.2) is 10.9 Å². The van der Waals surface area contributed by atoms with E-state index in [0.717, 1.165) is 3.57 Å². The Morgan fingerprint density at radius 1 is 1.25 bits per heavy atom. The average molecular weight is 499 g/mol. The van der Waals surface area contributed by atoms with E-state index in [-0.39, 0.29) is 32.2 Å². The zero-order chi connectivity index (χ0) is 17.9. The van der Waals surface area contributed by atoms with Gasteiger partial charge in [0.1, 0.15) is 5.82 Å². The minimum absolute atomic E-state index is 0.0526. The zero-order valence-electron chi connectivity index (χ0n) is 12.1. The molecule has 2 rings (SSSR count). The number of halogens is 4. The van der Waals surface area contributed by atoms with Crippen molar-refractivity contribution in [3.63, 3.8) is 0 Å². The predicted octanol–water partition coefficient (Wildman–Crippen LogP) is 4.87.